The normalized spacial score (nSPS) is 10.1. The largest absolute Gasteiger partial charge is 0.495 e. The molecule has 0 unspecified atom stereocenters. The predicted molar refractivity (Wildman–Crippen MR) is 59.4 cm³/mol. The van der Waals surface area contributed by atoms with Crippen molar-refractivity contribution in [1.29, 1.82) is 0 Å². The van der Waals surface area contributed by atoms with Crippen LogP contribution in [0.3, 0.4) is 0 Å². The van der Waals surface area contributed by atoms with Crippen LogP contribution in [0.25, 0.3) is 11.3 Å². The number of H-pyrrole nitrogens is 1. The van der Waals surface area contributed by atoms with Gasteiger partial charge in [-0.05, 0) is 13.0 Å². The standard InChI is InChI=1S/C11H11N3O2/c1-7-10(13-6-14-11(7)15)8-3-9(16-2)5-12-4-8/h3-6H,1-2H3,(H,13,14,15). The Morgan fingerprint density at radius 1 is 1.38 bits per heavy atom. The third-order valence-corrected chi connectivity index (χ3v) is 2.31. The van der Waals surface area contributed by atoms with Crippen LogP contribution in [-0.2, 0) is 0 Å². The molecule has 82 valence electrons. The van der Waals surface area contributed by atoms with Crippen molar-refractivity contribution in [1.82, 2.24) is 15.0 Å². The van der Waals surface area contributed by atoms with Crippen LogP contribution in [0.15, 0.2) is 29.6 Å². The van der Waals surface area contributed by atoms with E-state index in [-0.39, 0.29) is 5.56 Å². The minimum Gasteiger partial charge on any atom is -0.495 e. The first-order valence-electron chi connectivity index (χ1n) is 4.76. The Bertz CT molecular complexity index is 563. The van der Waals surface area contributed by atoms with Crippen molar-refractivity contribution in [2.75, 3.05) is 7.11 Å². The fourth-order valence-electron chi connectivity index (χ4n) is 1.42. The predicted octanol–water partition coefficient (Wildman–Crippen LogP) is 1.15. The number of hydrogen-bond acceptors (Lipinski definition) is 4. The van der Waals surface area contributed by atoms with E-state index in [0.717, 1.165) is 5.56 Å². The number of ether oxygens (including phenoxy) is 1. The van der Waals surface area contributed by atoms with Crippen molar-refractivity contribution in [3.63, 3.8) is 0 Å². The molecule has 16 heavy (non-hydrogen) atoms. The molecule has 0 amide bonds. The Kier molecular flexibility index (Phi) is 2.68. The highest BCUT2D eigenvalue weighted by Gasteiger charge is 2.07. The highest BCUT2D eigenvalue weighted by atomic mass is 16.5. The van der Waals surface area contributed by atoms with E-state index in [4.69, 9.17) is 4.74 Å². The van der Waals surface area contributed by atoms with E-state index < -0.39 is 0 Å². The van der Waals surface area contributed by atoms with Crippen LogP contribution < -0.4 is 10.3 Å². The zero-order chi connectivity index (χ0) is 11.5. The summed E-state index contributed by atoms with van der Waals surface area (Å²) in [6.45, 7) is 1.72. The van der Waals surface area contributed by atoms with Gasteiger partial charge in [-0.25, -0.2) is 4.98 Å². The Hall–Kier alpha value is -2.17. The summed E-state index contributed by atoms with van der Waals surface area (Å²) in [5.41, 5.74) is 1.81. The van der Waals surface area contributed by atoms with Crippen LogP contribution in [0.4, 0.5) is 0 Å². The number of hydrogen-bond donors (Lipinski definition) is 1. The summed E-state index contributed by atoms with van der Waals surface area (Å²) in [6.07, 6.45) is 4.63. The van der Waals surface area contributed by atoms with Gasteiger partial charge >= 0.3 is 0 Å². The van der Waals surface area contributed by atoms with E-state index in [9.17, 15) is 4.79 Å². The van der Waals surface area contributed by atoms with Gasteiger partial charge in [0.25, 0.3) is 5.56 Å². The molecule has 0 saturated heterocycles. The number of aromatic amines is 1. The third kappa shape index (κ3) is 1.79. The topological polar surface area (TPSA) is 67.9 Å². The van der Waals surface area contributed by atoms with Gasteiger partial charge in [-0.15, -0.1) is 0 Å². The van der Waals surface area contributed by atoms with E-state index in [1.54, 1.807) is 32.5 Å². The molecular formula is C11H11N3O2. The molecule has 5 heteroatoms. The lowest BCUT2D eigenvalue weighted by molar-refractivity contribution is 0.413. The van der Waals surface area contributed by atoms with Gasteiger partial charge in [0.1, 0.15) is 5.75 Å². The van der Waals surface area contributed by atoms with Gasteiger partial charge < -0.3 is 9.72 Å². The van der Waals surface area contributed by atoms with Gasteiger partial charge in [-0.3, -0.25) is 9.78 Å². The second-order valence-corrected chi connectivity index (χ2v) is 3.32. The first-order valence-corrected chi connectivity index (χ1v) is 4.76. The molecule has 0 radical (unpaired) electrons. The van der Waals surface area contributed by atoms with Crippen molar-refractivity contribution in [3.8, 4) is 17.0 Å². The molecule has 0 fully saturated rings. The molecule has 1 N–H and O–H groups in total. The molecule has 0 saturated carbocycles. The third-order valence-electron chi connectivity index (χ3n) is 2.31. The first kappa shape index (κ1) is 10.4. The second kappa shape index (κ2) is 4.14. The van der Waals surface area contributed by atoms with Crippen molar-refractivity contribution in [2.24, 2.45) is 0 Å². The quantitative estimate of drug-likeness (QED) is 0.819. The van der Waals surface area contributed by atoms with Crippen LogP contribution in [0.1, 0.15) is 5.56 Å². The Balaban J connectivity index is 2.58. The summed E-state index contributed by atoms with van der Waals surface area (Å²) < 4.78 is 5.07. The lowest BCUT2D eigenvalue weighted by Gasteiger charge is -2.04. The highest BCUT2D eigenvalue weighted by Crippen LogP contribution is 2.21. The Morgan fingerprint density at radius 2 is 2.19 bits per heavy atom. The molecule has 0 spiro atoms. The van der Waals surface area contributed by atoms with Gasteiger partial charge in [0.2, 0.25) is 0 Å². The number of rotatable bonds is 2. The fraction of sp³-hybridized carbons (Fsp3) is 0.182. The van der Waals surface area contributed by atoms with Crippen LogP contribution in [0.2, 0.25) is 0 Å². The maximum Gasteiger partial charge on any atom is 0.254 e. The zero-order valence-corrected chi connectivity index (χ0v) is 9.02. The molecule has 2 aromatic rings. The Labute approximate surface area is 92.2 Å². The van der Waals surface area contributed by atoms with Crippen LogP contribution >= 0.6 is 0 Å². The molecule has 5 nitrogen and oxygen atoms in total. The average Bonchev–Trinajstić information content (AvgIpc) is 2.33. The van der Waals surface area contributed by atoms with Gasteiger partial charge in [-0.1, -0.05) is 0 Å². The van der Waals surface area contributed by atoms with Crippen LogP contribution in [-0.4, -0.2) is 22.1 Å². The lowest BCUT2D eigenvalue weighted by Crippen LogP contribution is -2.11. The Morgan fingerprint density at radius 3 is 2.94 bits per heavy atom. The van der Waals surface area contributed by atoms with Gasteiger partial charge in [0.05, 0.1) is 25.3 Å². The van der Waals surface area contributed by atoms with E-state index >= 15 is 0 Å². The molecule has 2 heterocycles. The van der Waals surface area contributed by atoms with Crippen molar-refractivity contribution >= 4 is 0 Å². The molecule has 2 rings (SSSR count). The highest BCUT2D eigenvalue weighted by molar-refractivity contribution is 5.62. The average molecular weight is 217 g/mol. The maximum atomic E-state index is 11.4. The van der Waals surface area contributed by atoms with Gasteiger partial charge in [-0.2, -0.15) is 0 Å². The number of methoxy groups -OCH3 is 1. The second-order valence-electron chi connectivity index (χ2n) is 3.32. The number of aromatic nitrogens is 3. The van der Waals surface area contributed by atoms with E-state index in [1.165, 1.54) is 6.33 Å². The SMILES string of the molecule is COc1cncc(-c2nc[nH]c(=O)c2C)c1. The van der Waals surface area contributed by atoms with Crippen molar-refractivity contribution in [2.45, 2.75) is 6.92 Å². The van der Waals surface area contributed by atoms with Crippen LogP contribution in [0, 0.1) is 6.92 Å². The van der Waals surface area contributed by atoms with E-state index in [0.29, 0.717) is 17.0 Å². The molecule has 0 aliphatic heterocycles. The lowest BCUT2D eigenvalue weighted by atomic mass is 10.1. The zero-order valence-electron chi connectivity index (χ0n) is 9.02. The number of pyridine rings is 1. The molecule has 2 aromatic heterocycles. The molecular weight excluding hydrogens is 206 g/mol. The summed E-state index contributed by atoms with van der Waals surface area (Å²) in [5.74, 6) is 0.638. The molecule has 0 atom stereocenters. The summed E-state index contributed by atoms with van der Waals surface area (Å²) in [7, 11) is 1.57. The minimum atomic E-state index is -0.146. The summed E-state index contributed by atoms with van der Waals surface area (Å²) in [5, 5.41) is 0. The van der Waals surface area contributed by atoms with E-state index in [1.807, 2.05) is 0 Å². The van der Waals surface area contributed by atoms with Gasteiger partial charge in [0.15, 0.2) is 0 Å². The van der Waals surface area contributed by atoms with Crippen LogP contribution in [0.5, 0.6) is 5.75 Å². The van der Waals surface area contributed by atoms with E-state index in [2.05, 4.69) is 15.0 Å². The number of nitrogens with zero attached hydrogens (tertiary/aromatic N) is 2. The van der Waals surface area contributed by atoms with Crippen molar-refractivity contribution in [3.05, 3.63) is 40.7 Å². The summed E-state index contributed by atoms with van der Waals surface area (Å²) >= 11 is 0. The van der Waals surface area contributed by atoms with Crippen molar-refractivity contribution < 1.29 is 4.74 Å². The molecule has 0 aliphatic rings. The molecule has 0 aliphatic carbocycles. The van der Waals surface area contributed by atoms with Gasteiger partial charge in [0, 0.05) is 17.3 Å². The fourth-order valence-corrected chi connectivity index (χ4v) is 1.42. The molecule has 0 aromatic carbocycles. The smallest absolute Gasteiger partial charge is 0.254 e. The summed E-state index contributed by atoms with van der Waals surface area (Å²) in [6, 6.07) is 1.79. The first-order chi connectivity index (χ1) is 7.72. The summed E-state index contributed by atoms with van der Waals surface area (Å²) in [4.78, 5) is 22.1. The molecule has 0 bridgehead atoms. The maximum absolute atomic E-state index is 11.4. The minimum absolute atomic E-state index is 0.146. The monoisotopic (exact) mass is 217 g/mol. The number of nitrogens with one attached hydrogen (secondary N) is 1.